The van der Waals surface area contributed by atoms with Crippen molar-refractivity contribution in [3.05, 3.63) is 93.1 Å². The largest absolute Gasteiger partial charge is 0.294 e. The Balaban J connectivity index is 1.99. The van der Waals surface area contributed by atoms with Crippen molar-refractivity contribution in [2.75, 3.05) is 0 Å². The quantitative estimate of drug-likeness (QED) is 0.255. The molecule has 0 aliphatic rings. The van der Waals surface area contributed by atoms with Gasteiger partial charge in [-0.05, 0) is 54.0 Å². The molecule has 154 valence electrons. The van der Waals surface area contributed by atoms with E-state index in [0.29, 0.717) is 34.0 Å². The first-order valence-electron chi connectivity index (χ1n) is 9.51. The van der Waals surface area contributed by atoms with Crippen LogP contribution in [0, 0.1) is 0 Å². The van der Waals surface area contributed by atoms with Crippen LogP contribution in [0.1, 0.15) is 35.5 Å². The van der Waals surface area contributed by atoms with Crippen LogP contribution in [-0.2, 0) is 6.42 Å². The van der Waals surface area contributed by atoms with E-state index in [4.69, 9.17) is 23.2 Å². The third-order valence-electron chi connectivity index (χ3n) is 4.58. The maximum Gasteiger partial charge on any atom is 0.162 e. The van der Waals surface area contributed by atoms with E-state index in [1.807, 2.05) is 49.4 Å². The van der Waals surface area contributed by atoms with Crippen LogP contribution < -0.4 is 0 Å². The molecule has 3 aromatic rings. The van der Waals surface area contributed by atoms with Gasteiger partial charge in [0.2, 0.25) is 0 Å². The molecule has 30 heavy (non-hydrogen) atoms. The molecule has 0 fully saturated rings. The van der Waals surface area contributed by atoms with Gasteiger partial charge in [-0.15, -0.1) is 11.3 Å². The van der Waals surface area contributed by atoms with E-state index in [9.17, 15) is 9.18 Å². The van der Waals surface area contributed by atoms with E-state index in [1.165, 1.54) is 12.2 Å². The number of thiophene rings is 1. The number of ketones is 1. The zero-order chi connectivity index (χ0) is 21.8. The highest BCUT2D eigenvalue weighted by atomic mass is 35.5. The first kappa shape index (κ1) is 22.5. The van der Waals surface area contributed by atoms with Gasteiger partial charge in [-0.25, -0.2) is 4.39 Å². The maximum atomic E-state index is 13.9. The van der Waals surface area contributed by atoms with Crippen molar-refractivity contribution in [2.45, 2.75) is 26.7 Å². The molecule has 0 saturated heterocycles. The molecule has 1 heterocycles. The number of carbonyl (C=O) groups is 1. The molecule has 1 nitrogen and oxygen atoms in total. The molecule has 0 radical (unpaired) electrons. The molecule has 2 aromatic carbocycles. The van der Waals surface area contributed by atoms with Gasteiger partial charge in [0.25, 0.3) is 0 Å². The van der Waals surface area contributed by atoms with Gasteiger partial charge in [0.15, 0.2) is 5.78 Å². The monoisotopic (exact) mass is 458 g/mol. The Bertz CT molecular complexity index is 1180. The van der Waals surface area contributed by atoms with E-state index in [-0.39, 0.29) is 5.78 Å². The van der Waals surface area contributed by atoms with Gasteiger partial charge in [-0.3, -0.25) is 4.79 Å². The normalized spacial score (nSPS) is 12.4. The van der Waals surface area contributed by atoms with Crippen LogP contribution in [0.15, 0.2) is 77.6 Å². The summed E-state index contributed by atoms with van der Waals surface area (Å²) < 4.78 is 14.9. The Labute approximate surface area is 190 Å². The van der Waals surface area contributed by atoms with Crippen LogP contribution in [0.5, 0.6) is 0 Å². The third kappa shape index (κ3) is 5.28. The predicted molar refractivity (Wildman–Crippen MR) is 129 cm³/mol. The van der Waals surface area contributed by atoms with Crippen LogP contribution in [0.2, 0.25) is 5.02 Å². The van der Waals surface area contributed by atoms with Crippen LogP contribution in [-0.4, -0.2) is 5.78 Å². The molecule has 0 unspecified atom stereocenters. The molecule has 3 rings (SSSR count). The summed E-state index contributed by atoms with van der Waals surface area (Å²) in [6, 6.07) is 13.5. The summed E-state index contributed by atoms with van der Waals surface area (Å²) in [6.07, 6.45) is 3.62. The fourth-order valence-electron chi connectivity index (χ4n) is 3.22. The van der Waals surface area contributed by atoms with Gasteiger partial charge in [0.1, 0.15) is 5.83 Å². The van der Waals surface area contributed by atoms with E-state index >= 15 is 0 Å². The molecule has 0 spiro atoms. The predicted octanol–water partition coefficient (Wildman–Crippen LogP) is 8.91. The molecule has 0 bridgehead atoms. The standard InChI is InChI=1S/C25H21Cl2FOS/c1-4-24(29)18-7-5-6-17(13-18)21-8-9-23(27)22-14-20(30-25(21)22)11-15(2)10-19(28)12-16(3)26/h5-10,12-14H,2,4,11H2,1,3H3. The van der Waals surface area contributed by atoms with E-state index in [2.05, 4.69) is 6.58 Å². The van der Waals surface area contributed by atoms with Gasteiger partial charge >= 0.3 is 0 Å². The molecule has 1 aromatic heterocycles. The first-order valence-corrected chi connectivity index (χ1v) is 11.1. The molecule has 0 aliphatic heterocycles. The van der Waals surface area contributed by atoms with Crippen LogP contribution in [0.3, 0.4) is 0 Å². The highest BCUT2D eigenvalue weighted by molar-refractivity contribution is 7.19. The second kappa shape index (κ2) is 9.74. The topological polar surface area (TPSA) is 17.1 Å². The van der Waals surface area contributed by atoms with Crippen LogP contribution >= 0.6 is 34.5 Å². The van der Waals surface area contributed by atoms with Crippen molar-refractivity contribution < 1.29 is 9.18 Å². The number of hydrogen-bond donors (Lipinski definition) is 0. The number of fused-ring (bicyclic) bond motifs is 1. The van der Waals surface area contributed by atoms with Gasteiger partial charge in [-0.1, -0.05) is 61.0 Å². The number of carbonyl (C=O) groups excluding carboxylic acids is 1. The molecule has 5 heteroatoms. The Morgan fingerprint density at radius 1 is 1.20 bits per heavy atom. The summed E-state index contributed by atoms with van der Waals surface area (Å²) in [7, 11) is 0. The fourth-order valence-corrected chi connectivity index (χ4v) is 4.87. The van der Waals surface area contributed by atoms with Gasteiger partial charge in [-0.2, -0.15) is 0 Å². The minimum absolute atomic E-state index is 0.111. The fraction of sp³-hybridized carbons (Fsp3) is 0.160. The zero-order valence-electron chi connectivity index (χ0n) is 16.8. The Kier molecular flexibility index (Phi) is 7.30. The van der Waals surface area contributed by atoms with E-state index in [0.717, 1.165) is 26.1 Å². The van der Waals surface area contributed by atoms with Crippen molar-refractivity contribution >= 4 is 50.4 Å². The van der Waals surface area contributed by atoms with E-state index in [1.54, 1.807) is 18.3 Å². The minimum Gasteiger partial charge on any atom is -0.294 e. The van der Waals surface area contributed by atoms with Gasteiger partial charge in [0, 0.05) is 43.4 Å². The van der Waals surface area contributed by atoms with E-state index < -0.39 is 5.83 Å². The lowest BCUT2D eigenvalue weighted by Crippen LogP contribution is -1.96. The number of halogens is 3. The summed E-state index contributed by atoms with van der Waals surface area (Å²) in [5, 5.41) is 1.97. The number of allylic oxidation sites excluding steroid dienone is 5. The maximum absolute atomic E-state index is 13.9. The highest BCUT2D eigenvalue weighted by Crippen LogP contribution is 2.39. The smallest absolute Gasteiger partial charge is 0.162 e. The Morgan fingerprint density at radius 3 is 2.67 bits per heavy atom. The summed E-state index contributed by atoms with van der Waals surface area (Å²) >= 11 is 13.8. The molecule has 0 amide bonds. The molecular formula is C25H21Cl2FOS. The average molecular weight is 459 g/mol. The second-order valence-corrected chi connectivity index (χ2v) is 9.14. The van der Waals surface area contributed by atoms with Gasteiger partial charge < -0.3 is 0 Å². The Hall–Kier alpha value is -2.20. The molecule has 0 N–H and O–H groups in total. The molecule has 0 aliphatic carbocycles. The number of hydrogen-bond acceptors (Lipinski definition) is 2. The summed E-state index contributed by atoms with van der Waals surface area (Å²) in [6.45, 7) is 7.44. The van der Waals surface area contributed by atoms with Gasteiger partial charge in [0.05, 0.1) is 0 Å². The van der Waals surface area contributed by atoms with Crippen molar-refractivity contribution in [2.24, 2.45) is 0 Å². The minimum atomic E-state index is -0.426. The van der Waals surface area contributed by atoms with Crippen LogP contribution in [0.4, 0.5) is 4.39 Å². The van der Waals surface area contributed by atoms with Crippen LogP contribution in [0.25, 0.3) is 21.2 Å². The number of Topliss-reactive ketones (excluding diaryl/α,β-unsaturated/α-hetero) is 1. The number of rotatable bonds is 7. The highest BCUT2D eigenvalue weighted by Gasteiger charge is 2.13. The van der Waals surface area contributed by atoms with Crippen molar-refractivity contribution in [3.8, 4) is 11.1 Å². The lowest BCUT2D eigenvalue weighted by Gasteiger charge is -2.07. The molecular weight excluding hydrogens is 438 g/mol. The number of benzene rings is 2. The van der Waals surface area contributed by atoms with Crippen molar-refractivity contribution in [1.29, 1.82) is 0 Å². The Morgan fingerprint density at radius 2 is 1.97 bits per heavy atom. The average Bonchev–Trinajstić information content (AvgIpc) is 3.11. The molecule has 0 saturated carbocycles. The summed E-state index contributed by atoms with van der Waals surface area (Å²) in [5.74, 6) is -0.315. The van der Waals surface area contributed by atoms with Crippen molar-refractivity contribution in [3.63, 3.8) is 0 Å². The lowest BCUT2D eigenvalue weighted by molar-refractivity contribution is 0.0988. The lowest BCUT2D eigenvalue weighted by atomic mass is 9.99. The van der Waals surface area contributed by atoms with Crippen molar-refractivity contribution in [1.82, 2.24) is 0 Å². The zero-order valence-corrected chi connectivity index (χ0v) is 19.1. The first-order chi connectivity index (χ1) is 14.3. The summed E-state index contributed by atoms with van der Waals surface area (Å²) in [5.41, 5.74) is 3.33. The second-order valence-electron chi connectivity index (χ2n) is 7.00. The third-order valence-corrected chi connectivity index (χ3v) is 6.19. The summed E-state index contributed by atoms with van der Waals surface area (Å²) in [4.78, 5) is 13.1. The SMILES string of the molecule is C=C(C=C(F)C=C(C)Cl)Cc1cc2c(Cl)ccc(-c3cccc(C(=O)CC)c3)c2s1. The molecule has 0 atom stereocenters.